The highest BCUT2D eigenvalue weighted by Crippen LogP contribution is 2.42. The standard InChI is InChI=1S/C17H16Cl2N4O2S/c18-11-6-5-10(8-12(11)19)16(25)23-7-1-2-13(23)14(24)20-17-22-21-15(26-17)9-3-4-9/h5-6,8-9,13H,1-4,7H2,(H,20,22,24)/t13-/m1/s1. The number of carbonyl (C=O) groups is 2. The molecular weight excluding hydrogens is 395 g/mol. The van der Waals surface area contributed by atoms with Crippen LogP contribution in [-0.2, 0) is 4.79 Å². The van der Waals surface area contributed by atoms with Crippen LogP contribution in [0.5, 0.6) is 0 Å². The minimum Gasteiger partial charge on any atom is -0.327 e. The number of aromatic nitrogens is 2. The zero-order chi connectivity index (χ0) is 18.3. The van der Waals surface area contributed by atoms with Crippen molar-refractivity contribution in [2.45, 2.75) is 37.6 Å². The van der Waals surface area contributed by atoms with E-state index in [4.69, 9.17) is 23.2 Å². The summed E-state index contributed by atoms with van der Waals surface area (Å²) in [6.07, 6.45) is 3.66. The van der Waals surface area contributed by atoms with Gasteiger partial charge in [-0.2, -0.15) is 0 Å². The van der Waals surface area contributed by atoms with E-state index in [1.54, 1.807) is 17.0 Å². The van der Waals surface area contributed by atoms with Crippen molar-refractivity contribution in [2.75, 3.05) is 11.9 Å². The Hall–Kier alpha value is -1.70. The van der Waals surface area contributed by atoms with Crippen LogP contribution in [0, 0.1) is 0 Å². The number of rotatable bonds is 4. The Morgan fingerprint density at radius 3 is 2.69 bits per heavy atom. The van der Waals surface area contributed by atoms with Gasteiger partial charge in [0.05, 0.1) is 10.0 Å². The molecule has 4 rings (SSSR count). The maximum Gasteiger partial charge on any atom is 0.254 e. The lowest BCUT2D eigenvalue weighted by Crippen LogP contribution is -2.43. The molecule has 2 heterocycles. The molecule has 26 heavy (non-hydrogen) atoms. The van der Waals surface area contributed by atoms with E-state index in [1.807, 2.05) is 0 Å². The summed E-state index contributed by atoms with van der Waals surface area (Å²) in [7, 11) is 0. The topological polar surface area (TPSA) is 75.2 Å². The quantitative estimate of drug-likeness (QED) is 0.826. The van der Waals surface area contributed by atoms with Gasteiger partial charge in [0.2, 0.25) is 11.0 Å². The molecule has 1 aromatic carbocycles. The van der Waals surface area contributed by atoms with Crippen molar-refractivity contribution in [3.8, 4) is 0 Å². The monoisotopic (exact) mass is 410 g/mol. The molecule has 0 bridgehead atoms. The number of nitrogens with one attached hydrogen (secondary N) is 1. The number of halogens is 2. The molecule has 1 aliphatic heterocycles. The molecule has 0 spiro atoms. The molecule has 136 valence electrons. The average Bonchev–Trinajstić information content (AvgIpc) is 3.17. The molecule has 0 unspecified atom stereocenters. The van der Waals surface area contributed by atoms with Gasteiger partial charge >= 0.3 is 0 Å². The first kappa shape index (κ1) is 17.7. The molecule has 2 aromatic rings. The Morgan fingerprint density at radius 2 is 1.96 bits per heavy atom. The van der Waals surface area contributed by atoms with Crippen LogP contribution in [0.4, 0.5) is 5.13 Å². The number of hydrogen-bond acceptors (Lipinski definition) is 5. The fraction of sp³-hybridized carbons (Fsp3) is 0.412. The number of nitrogens with zero attached hydrogens (tertiary/aromatic N) is 3. The summed E-state index contributed by atoms with van der Waals surface area (Å²) in [4.78, 5) is 27.0. The van der Waals surface area contributed by atoms with Crippen molar-refractivity contribution in [1.82, 2.24) is 15.1 Å². The molecule has 6 nitrogen and oxygen atoms in total. The lowest BCUT2D eigenvalue weighted by Gasteiger charge is -2.23. The van der Waals surface area contributed by atoms with E-state index in [0.717, 1.165) is 24.3 Å². The summed E-state index contributed by atoms with van der Waals surface area (Å²) in [6.45, 7) is 0.528. The summed E-state index contributed by atoms with van der Waals surface area (Å²) >= 11 is 13.3. The second-order valence-electron chi connectivity index (χ2n) is 6.49. The number of amides is 2. The number of benzene rings is 1. The van der Waals surface area contributed by atoms with E-state index in [-0.39, 0.29) is 11.8 Å². The van der Waals surface area contributed by atoms with Gasteiger partial charge in [0.15, 0.2) is 0 Å². The Bertz CT molecular complexity index is 868. The SMILES string of the molecule is O=C(Nc1nnc(C2CC2)s1)[C@H]1CCCN1C(=O)c1ccc(Cl)c(Cl)c1. The van der Waals surface area contributed by atoms with Gasteiger partial charge in [0, 0.05) is 18.0 Å². The van der Waals surface area contributed by atoms with E-state index in [0.29, 0.717) is 39.6 Å². The van der Waals surface area contributed by atoms with Gasteiger partial charge in [0.1, 0.15) is 11.0 Å². The minimum atomic E-state index is -0.523. The van der Waals surface area contributed by atoms with Crippen LogP contribution < -0.4 is 5.32 Å². The highest BCUT2D eigenvalue weighted by Gasteiger charge is 2.35. The first-order valence-electron chi connectivity index (χ1n) is 8.43. The third-order valence-electron chi connectivity index (χ3n) is 4.58. The van der Waals surface area contributed by atoms with Crippen LogP contribution in [0.2, 0.25) is 10.0 Å². The second kappa shape index (κ2) is 7.13. The number of hydrogen-bond donors (Lipinski definition) is 1. The fourth-order valence-corrected chi connectivity index (χ4v) is 4.26. The molecule has 1 N–H and O–H groups in total. The third-order valence-corrected chi connectivity index (χ3v) is 6.32. The second-order valence-corrected chi connectivity index (χ2v) is 8.32. The minimum absolute atomic E-state index is 0.225. The summed E-state index contributed by atoms with van der Waals surface area (Å²) in [5, 5.41) is 13.1. The Labute approximate surface area is 164 Å². The van der Waals surface area contributed by atoms with Gasteiger partial charge < -0.3 is 4.90 Å². The van der Waals surface area contributed by atoms with Crippen LogP contribution in [-0.4, -0.2) is 39.5 Å². The van der Waals surface area contributed by atoms with Gasteiger partial charge in [-0.25, -0.2) is 0 Å². The molecule has 1 aliphatic carbocycles. The van der Waals surface area contributed by atoms with Gasteiger partial charge in [-0.1, -0.05) is 34.5 Å². The van der Waals surface area contributed by atoms with Gasteiger partial charge in [0.25, 0.3) is 5.91 Å². The van der Waals surface area contributed by atoms with E-state index in [9.17, 15) is 9.59 Å². The van der Waals surface area contributed by atoms with Crippen molar-refractivity contribution in [3.63, 3.8) is 0 Å². The van der Waals surface area contributed by atoms with Crippen molar-refractivity contribution < 1.29 is 9.59 Å². The highest BCUT2D eigenvalue weighted by atomic mass is 35.5. The third kappa shape index (κ3) is 3.56. The van der Waals surface area contributed by atoms with E-state index >= 15 is 0 Å². The largest absolute Gasteiger partial charge is 0.327 e. The zero-order valence-electron chi connectivity index (χ0n) is 13.7. The van der Waals surface area contributed by atoms with Crippen LogP contribution in [0.3, 0.4) is 0 Å². The first-order chi connectivity index (χ1) is 12.5. The van der Waals surface area contributed by atoms with Gasteiger partial charge in [-0.05, 0) is 43.9 Å². The smallest absolute Gasteiger partial charge is 0.254 e. The molecule has 2 fully saturated rings. The first-order valence-corrected chi connectivity index (χ1v) is 10.0. The van der Waals surface area contributed by atoms with Crippen molar-refractivity contribution in [3.05, 3.63) is 38.8 Å². The van der Waals surface area contributed by atoms with Crippen LogP contribution in [0.25, 0.3) is 0 Å². The Balaban J connectivity index is 1.46. The van der Waals surface area contributed by atoms with E-state index in [1.165, 1.54) is 17.4 Å². The van der Waals surface area contributed by atoms with Gasteiger partial charge in [-0.15, -0.1) is 10.2 Å². The maximum atomic E-state index is 12.8. The molecule has 2 amide bonds. The normalized spacial score (nSPS) is 19.6. The Morgan fingerprint density at radius 1 is 1.15 bits per heavy atom. The zero-order valence-corrected chi connectivity index (χ0v) is 16.1. The average molecular weight is 411 g/mol. The van der Waals surface area contributed by atoms with E-state index in [2.05, 4.69) is 15.5 Å². The molecule has 1 saturated carbocycles. The lowest BCUT2D eigenvalue weighted by atomic mass is 10.1. The van der Waals surface area contributed by atoms with Crippen LogP contribution in [0.1, 0.15) is 47.0 Å². The summed E-state index contributed by atoms with van der Waals surface area (Å²) in [5.74, 6) is 0.0453. The predicted molar refractivity (Wildman–Crippen MR) is 101 cm³/mol. The number of carbonyl (C=O) groups excluding carboxylic acids is 2. The van der Waals surface area contributed by atoms with Crippen molar-refractivity contribution in [1.29, 1.82) is 0 Å². The summed E-state index contributed by atoms with van der Waals surface area (Å²) < 4.78 is 0. The molecule has 0 radical (unpaired) electrons. The highest BCUT2D eigenvalue weighted by molar-refractivity contribution is 7.15. The lowest BCUT2D eigenvalue weighted by molar-refractivity contribution is -0.119. The van der Waals surface area contributed by atoms with E-state index < -0.39 is 6.04 Å². The molecule has 9 heteroatoms. The Kier molecular flexibility index (Phi) is 4.86. The molecule has 1 saturated heterocycles. The fourth-order valence-electron chi connectivity index (χ4n) is 3.05. The maximum absolute atomic E-state index is 12.8. The number of likely N-dealkylation sites (tertiary alicyclic amines) is 1. The van der Waals surface area contributed by atoms with Gasteiger partial charge in [-0.3, -0.25) is 14.9 Å². The van der Waals surface area contributed by atoms with Crippen LogP contribution >= 0.6 is 34.5 Å². The predicted octanol–water partition coefficient (Wildman–Crippen LogP) is 3.97. The van der Waals surface area contributed by atoms with Crippen LogP contribution in [0.15, 0.2) is 18.2 Å². The molecule has 2 aliphatic rings. The molecular formula is C17H16Cl2N4O2S. The summed E-state index contributed by atoms with van der Waals surface area (Å²) in [5.41, 5.74) is 0.422. The molecule has 1 atom stereocenters. The number of anilines is 1. The molecule has 1 aromatic heterocycles. The summed E-state index contributed by atoms with van der Waals surface area (Å²) in [6, 6.07) is 4.22. The van der Waals surface area contributed by atoms with Crippen molar-refractivity contribution in [2.24, 2.45) is 0 Å². The van der Waals surface area contributed by atoms with Crippen molar-refractivity contribution >= 4 is 51.5 Å².